The zero-order valence-electron chi connectivity index (χ0n) is 21.6. The third kappa shape index (κ3) is 21.9. The molecule has 0 aliphatic rings. The fourth-order valence-electron chi connectivity index (χ4n) is 4.88. The van der Waals surface area contributed by atoms with Gasteiger partial charge in [-0.1, -0.05) is 96.8 Å². The van der Waals surface area contributed by atoms with Gasteiger partial charge in [-0.3, -0.25) is 0 Å². The molecule has 4 nitrogen and oxygen atoms in total. The summed E-state index contributed by atoms with van der Waals surface area (Å²) in [5, 5.41) is 27.9. The minimum atomic E-state index is 0. The molecule has 32 heavy (non-hydrogen) atoms. The van der Waals surface area contributed by atoms with Crippen LogP contribution < -0.4 is 12.4 Å². The molecule has 0 fully saturated rings. The van der Waals surface area contributed by atoms with Crippen LogP contribution in [0.3, 0.4) is 0 Å². The van der Waals surface area contributed by atoms with Gasteiger partial charge in [0.25, 0.3) is 0 Å². The Labute approximate surface area is 207 Å². The van der Waals surface area contributed by atoms with Crippen molar-refractivity contribution in [1.82, 2.24) is 0 Å². The summed E-state index contributed by atoms with van der Waals surface area (Å²) in [6, 6.07) is 0. The van der Waals surface area contributed by atoms with Crippen molar-refractivity contribution >= 4 is 0 Å². The SMILES string of the molecule is CCCCCCCCCCCCCCCCCC[N+](CCCO)(CCCO)CCCO.[Cl-]. The molecule has 0 aliphatic carbocycles. The largest absolute Gasteiger partial charge is 1.00 e. The van der Waals surface area contributed by atoms with E-state index in [1.54, 1.807) is 0 Å². The minimum Gasteiger partial charge on any atom is -1.00 e. The Morgan fingerprint density at radius 3 is 0.906 bits per heavy atom. The van der Waals surface area contributed by atoms with Gasteiger partial charge in [0.15, 0.2) is 0 Å². The molecule has 0 saturated carbocycles. The maximum Gasteiger partial charge on any atom is 0.0808 e. The first kappa shape index (κ1) is 34.3. The highest BCUT2D eigenvalue weighted by Gasteiger charge is 2.25. The highest BCUT2D eigenvalue weighted by molar-refractivity contribution is 4.53. The summed E-state index contributed by atoms with van der Waals surface area (Å²) in [5.74, 6) is 0. The van der Waals surface area contributed by atoms with Gasteiger partial charge in [0.05, 0.1) is 26.2 Å². The standard InChI is InChI=1S/C27H58NO3.ClH/c1-2-3-4-5-6-7-8-9-10-11-12-13-14-15-16-17-21-28(22-18-25-29,23-19-26-30)24-20-27-31;/h29-31H,2-27H2,1H3;1H/q+1;/p-1. The molecule has 0 unspecified atom stereocenters. The molecule has 0 heterocycles. The van der Waals surface area contributed by atoms with E-state index in [0.717, 1.165) is 49.9 Å². The van der Waals surface area contributed by atoms with E-state index in [1.807, 2.05) is 0 Å². The predicted octanol–water partition coefficient (Wildman–Crippen LogP) is 3.22. The number of unbranched alkanes of at least 4 members (excludes halogenated alkanes) is 15. The molecule has 3 N–H and O–H groups in total. The van der Waals surface area contributed by atoms with E-state index in [-0.39, 0.29) is 32.2 Å². The average Bonchev–Trinajstić information content (AvgIpc) is 2.79. The van der Waals surface area contributed by atoms with Crippen LogP contribution in [0.2, 0.25) is 0 Å². The van der Waals surface area contributed by atoms with Crippen molar-refractivity contribution in [2.24, 2.45) is 0 Å². The molecule has 0 saturated heterocycles. The summed E-state index contributed by atoms with van der Waals surface area (Å²) in [6.45, 7) is 7.01. The third-order valence-corrected chi connectivity index (χ3v) is 6.86. The monoisotopic (exact) mass is 479 g/mol. The van der Waals surface area contributed by atoms with Crippen LogP contribution in [0.1, 0.15) is 129 Å². The van der Waals surface area contributed by atoms with Crippen molar-refractivity contribution in [2.45, 2.75) is 129 Å². The molecule has 0 radical (unpaired) electrons. The lowest BCUT2D eigenvalue weighted by Crippen LogP contribution is -3.00. The minimum absolute atomic E-state index is 0. The topological polar surface area (TPSA) is 60.7 Å². The molecule has 0 atom stereocenters. The molecule has 0 aromatic carbocycles. The van der Waals surface area contributed by atoms with E-state index in [1.165, 1.54) is 103 Å². The Morgan fingerprint density at radius 1 is 0.375 bits per heavy atom. The Hall–Kier alpha value is 0.130. The third-order valence-electron chi connectivity index (χ3n) is 6.86. The Kier molecular flexibility index (Phi) is 29.3. The van der Waals surface area contributed by atoms with Crippen LogP contribution in [0.4, 0.5) is 0 Å². The predicted molar refractivity (Wildman–Crippen MR) is 134 cm³/mol. The maximum absolute atomic E-state index is 9.28. The number of aliphatic hydroxyl groups is 3. The number of aliphatic hydroxyl groups excluding tert-OH is 3. The lowest BCUT2D eigenvalue weighted by atomic mass is 10.0. The fourth-order valence-corrected chi connectivity index (χ4v) is 4.88. The second-order valence-corrected chi connectivity index (χ2v) is 9.77. The van der Waals surface area contributed by atoms with Crippen LogP contribution in [0, 0.1) is 0 Å². The molecule has 0 spiro atoms. The number of hydrogen-bond acceptors (Lipinski definition) is 3. The molecule has 0 rings (SSSR count). The van der Waals surface area contributed by atoms with Gasteiger partial charge < -0.3 is 32.2 Å². The summed E-state index contributed by atoms with van der Waals surface area (Å²) in [4.78, 5) is 0. The van der Waals surface area contributed by atoms with Gasteiger partial charge in [-0.2, -0.15) is 0 Å². The van der Waals surface area contributed by atoms with Crippen LogP contribution in [0.25, 0.3) is 0 Å². The normalized spacial score (nSPS) is 11.6. The van der Waals surface area contributed by atoms with Gasteiger partial charge in [-0.25, -0.2) is 0 Å². The van der Waals surface area contributed by atoms with Crippen molar-refractivity contribution < 1.29 is 32.2 Å². The molecule has 0 amide bonds. The van der Waals surface area contributed by atoms with Crippen molar-refractivity contribution in [3.63, 3.8) is 0 Å². The van der Waals surface area contributed by atoms with Crippen molar-refractivity contribution in [3.05, 3.63) is 0 Å². The van der Waals surface area contributed by atoms with Crippen LogP contribution in [0.15, 0.2) is 0 Å². The highest BCUT2D eigenvalue weighted by Crippen LogP contribution is 2.17. The second-order valence-electron chi connectivity index (χ2n) is 9.77. The number of halogens is 1. The molecule has 0 bridgehead atoms. The van der Waals surface area contributed by atoms with Crippen molar-refractivity contribution in [3.8, 4) is 0 Å². The summed E-state index contributed by atoms with van der Waals surface area (Å²) in [5.41, 5.74) is 0. The van der Waals surface area contributed by atoms with Crippen LogP contribution >= 0.6 is 0 Å². The van der Waals surface area contributed by atoms with E-state index in [9.17, 15) is 15.3 Å². The number of rotatable bonds is 26. The molecule has 0 aliphatic heterocycles. The van der Waals surface area contributed by atoms with Crippen LogP contribution in [-0.2, 0) is 0 Å². The summed E-state index contributed by atoms with van der Waals surface area (Å²) in [6.07, 6.45) is 24.7. The molecule has 5 heteroatoms. The summed E-state index contributed by atoms with van der Waals surface area (Å²) in [7, 11) is 0. The first-order valence-corrected chi connectivity index (χ1v) is 13.9. The average molecular weight is 480 g/mol. The van der Waals surface area contributed by atoms with E-state index >= 15 is 0 Å². The molecular formula is C27H58ClNO3. The Morgan fingerprint density at radius 2 is 0.625 bits per heavy atom. The van der Waals surface area contributed by atoms with Gasteiger partial charge in [-0.05, 0) is 12.8 Å². The van der Waals surface area contributed by atoms with Crippen LogP contribution in [-0.4, -0.2) is 65.8 Å². The van der Waals surface area contributed by atoms with Crippen molar-refractivity contribution in [1.29, 1.82) is 0 Å². The van der Waals surface area contributed by atoms with Crippen LogP contribution in [0.5, 0.6) is 0 Å². The van der Waals surface area contributed by atoms with Gasteiger partial charge >= 0.3 is 0 Å². The van der Waals surface area contributed by atoms with Gasteiger partial charge in [-0.15, -0.1) is 0 Å². The quantitative estimate of drug-likeness (QED) is 0.132. The number of quaternary nitrogens is 1. The van der Waals surface area contributed by atoms with E-state index in [4.69, 9.17) is 0 Å². The Balaban J connectivity index is 0. The van der Waals surface area contributed by atoms with Gasteiger partial charge in [0.1, 0.15) is 0 Å². The second kappa shape index (κ2) is 27.4. The van der Waals surface area contributed by atoms with Crippen molar-refractivity contribution in [2.75, 3.05) is 46.0 Å². The summed E-state index contributed by atoms with van der Waals surface area (Å²) < 4.78 is 0.959. The Bertz CT molecular complexity index is 323. The number of hydrogen-bond donors (Lipinski definition) is 3. The smallest absolute Gasteiger partial charge is 0.0808 e. The molecule has 0 aromatic heterocycles. The molecule has 0 aromatic rings. The first-order valence-electron chi connectivity index (χ1n) is 13.9. The molecular weight excluding hydrogens is 422 g/mol. The van der Waals surface area contributed by atoms with E-state index < -0.39 is 0 Å². The lowest BCUT2D eigenvalue weighted by Gasteiger charge is -2.39. The zero-order valence-corrected chi connectivity index (χ0v) is 22.3. The lowest BCUT2D eigenvalue weighted by molar-refractivity contribution is -0.929. The van der Waals surface area contributed by atoms with Gasteiger partial charge in [0.2, 0.25) is 0 Å². The maximum atomic E-state index is 9.28. The summed E-state index contributed by atoms with van der Waals surface area (Å²) >= 11 is 0. The van der Waals surface area contributed by atoms with E-state index in [0.29, 0.717) is 0 Å². The van der Waals surface area contributed by atoms with Gasteiger partial charge in [0, 0.05) is 39.1 Å². The number of nitrogens with zero attached hydrogens (tertiary/aromatic N) is 1. The molecule has 196 valence electrons. The zero-order chi connectivity index (χ0) is 22.9. The van der Waals surface area contributed by atoms with E-state index in [2.05, 4.69) is 6.92 Å². The first-order chi connectivity index (χ1) is 15.2. The fraction of sp³-hybridized carbons (Fsp3) is 1.00. The highest BCUT2D eigenvalue weighted by atomic mass is 35.5.